The van der Waals surface area contributed by atoms with Crippen molar-refractivity contribution in [2.45, 2.75) is 18.9 Å². The largest absolute Gasteiger partial charge is 0.465 e. The summed E-state index contributed by atoms with van der Waals surface area (Å²) in [6.07, 6.45) is 1.59. The molecular formula is C12H16N4O3. The highest BCUT2D eigenvalue weighted by molar-refractivity contribution is 5.65. The van der Waals surface area contributed by atoms with Crippen molar-refractivity contribution in [1.29, 1.82) is 0 Å². The summed E-state index contributed by atoms with van der Waals surface area (Å²) in [4.78, 5) is 22.8. The highest BCUT2D eigenvalue weighted by Gasteiger charge is 2.29. The monoisotopic (exact) mass is 264 g/mol. The maximum absolute atomic E-state index is 10.9. The average molecular weight is 264 g/mol. The number of hydrogen-bond acceptors (Lipinski definition) is 5. The van der Waals surface area contributed by atoms with Gasteiger partial charge in [-0.3, -0.25) is 0 Å². The van der Waals surface area contributed by atoms with Crippen LogP contribution in [0.3, 0.4) is 0 Å². The molecule has 1 atom stereocenters. The fourth-order valence-electron chi connectivity index (χ4n) is 2.74. The Hall–Kier alpha value is -1.89. The van der Waals surface area contributed by atoms with E-state index in [-0.39, 0.29) is 0 Å². The molecule has 1 amide bonds. The van der Waals surface area contributed by atoms with Crippen LogP contribution in [0.2, 0.25) is 0 Å². The Labute approximate surface area is 110 Å². The molecule has 102 valence electrons. The van der Waals surface area contributed by atoms with Crippen molar-refractivity contribution in [2.75, 3.05) is 31.1 Å². The molecule has 1 unspecified atom stereocenters. The van der Waals surface area contributed by atoms with E-state index in [2.05, 4.69) is 14.9 Å². The van der Waals surface area contributed by atoms with Crippen molar-refractivity contribution in [3.63, 3.8) is 0 Å². The van der Waals surface area contributed by atoms with Crippen molar-refractivity contribution in [2.24, 2.45) is 0 Å². The Kier molecular flexibility index (Phi) is 2.98. The molecule has 2 heterocycles. The van der Waals surface area contributed by atoms with Crippen LogP contribution in [0.15, 0.2) is 6.33 Å². The first-order valence-corrected chi connectivity index (χ1v) is 6.41. The lowest BCUT2D eigenvalue weighted by molar-refractivity contribution is 0.142. The Bertz CT molecular complexity index is 500. The Balaban J connectivity index is 1.80. The van der Waals surface area contributed by atoms with Gasteiger partial charge < -0.3 is 20.0 Å². The Morgan fingerprint density at radius 1 is 1.26 bits per heavy atom. The molecule has 0 bridgehead atoms. The number of piperazine rings is 1. The quantitative estimate of drug-likeness (QED) is 0.756. The second-order valence-corrected chi connectivity index (χ2v) is 4.87. The number of aliphatic hydroxyl groups excluding tert-OH is 1. The lowest BCUT2D eigenvalue weighted by Gasteiger charge is -2.34. The molecule has 19 heavy (non-hydrogen) atoms. The summed E-state index contributed by atoms with van der Waals surface area (Å²) < 4.78 is 0. The first-order chi connectivity index (χ1) is 9.16. The van der Waals surface area contributed by atoms with Gasteiger partial charge in [-0.15, -0.1) is 0 Å². The van der Waals surface area contributed by atoms with Crippen LogP contribution < -0.4 is 4.90 Å². The topological polar surface area (TPSA) is 89.8 Å². The number of carboxylic acid groups (broad SMARTS) is 1. The predicted octanol–water partition coefficient (Wildman–Crippen LogP) is 0.256. The van der Waals surface area contributed by atoms with Gasteiger partial charge in [-0.05, 0) is 12.8 Å². The van der Waals surface area contributed by atoms with E-state index in [1.807, 2.05) is 0 Å². The van der Waals surface area contributed by atoms with Gasteiger partial charge in [-0.1, -0.05) is 0 Å². The van der Waals surface area contributed by atoms with Crippen LogP contribution in [0, 0.1) is 0 Å². The number of nitrogens with zero attached hydrogens (tertiary/aromatic N) is 4. The maximum atomic E-state index is 10.9. The first kappa shape index (κ1) is 12.2. The van der Waals surface area contributed by atoms with Gasteiger partial charge in [0.1, 0.15) is 12.1 Å². The van der Waals surface area contributed by atoms with E-state index in [0.29, 0.717) is 32.6 Å². The van der Waals surface area contributed by atoms with E-state index in [9.17, 15) is 9.90 Å². The molecule has 0 spiro atoms. The molecule has 1 aliphatic carbocycles. The molecule has 2 aliphatic rings. The van der Waals surface area contributed by atoms with Crippen LogP contribution in [0.4, 0.5) is 10.6 Å². The van der Waals surface area contributed by atoms with E-state index in [0.717, 1.165) is 23.5 Å². The molecule has 1 saturated heterocycles. The fourth-order valence-corrected chi connectivity index (χ4v) is 2.74. The molecule has 0 saturated carbocycles. The van der Waals surface area contributed by atoms with Crippen LogP contribution in [-0.4, -0.2) is 57.4 Å². The number of aromatic nitrogens is 2. The van der Waals surface area contributed by atoms with Crippen LogP contribution in [-0.2, 0) is 6.42 Å². The highest BCUT2D eigenvalue weighted by Crippen LogP contribution is 2.34. The van der Waals surface area contributed by atoms with Crippen molar-refractivity contribution < 1.29 is 15.0 Å². The third-order valence-electron chi connectivity index (χ3n) is 3.79. The van der Waals surface area contributed by atoms with Gasteiger partial charge in [0.15, 0.2) is 0 Å². The van der Waals surface area contributed by atoms with Crippen molar-refractivity contribution in [1.82, 2.24) is 14.9 Å². The lowest BCUT2D eigenvalue weighted by Crippen LogP contribution is -2.48. The summed E-state index contributed by atoms with van der Waals surface area (Å²) in [5, 5.41) is 18.8. The lowest BCUT2D eigenvalue weighted by atomic mass is 10.2. The Morgan fingerprint density at radius 2 is 2.00 bits per heavy atom. The summed E-state index contributed by atoms with van der Waals surface area (Å²) in [7, 11) is 0. The van der Waals surface area contributed by atoms with Gasteiger partial charge in [0, 0.05) is 31.7 Å². The van der Waals surface area contributed by atoms with E-state index in [1.54, 1.807) is 0 Å². The predicted molar refractivity (Wildman–Crippen MR) is 67.1 cm³/mol. The number of rotatable bonds is 1. The molecule has 1 aromatic heterocycles. The minimum atomic E-state index is -0.872. The summed E-state index contributed by atoms with van der Waals surface area (Å²) >= 11 is 0. The molecule has 1 fully saturated rings. The second-order valence-electron chi connectivity index (χ2n) is 4.87. The van der Waals surface area contributed by atoms with Gasteiger partial charge >= 0.3 is 6.09 Å². The molecule has 7 heteroatoms. The van der Waals surface area contributed by atoms with E-state index < -0.39 is 12.2 Å². The molecular weight excluding hydrogens is 248 g/mol. The van der Waals surface area contributed by atoms with E-state index in [1.165, 1.54) is 11.2 Å². The summed E-state index contributed by atoms with van der Waals surface area (Å²) in [6.45, 7) is 2.23. The molecule has 0 aromatic carbocycles. The zero-order valence-electron chi connectivity index (χ0n) is 10.5. The smallest absolute Gasteiger partial charge is 0.407 e. The van der Waals surface area contributed by atoms with E-state index in [4.69, 9.17) is 5.11 Å². The molecule has 3 rings (SSSR count). The first-order valence-electron chi connectivity index (χ1n) is 6.41. The number of aliphatic hydroxyl groups is 1. The zero-order chi connectivity index (χ0) is 13.4. The van der Waals surface area contributed by atoms with Gasteiger partial charge in [-0.25, -0.2) is 14.8 Å². The summed E-state index contributed by atoms with van der Waals surface area (Å²) in [5.74, 6) is 0.853. The highest BCUT2D eigenvalue weighted by atomic mass is 16.4. The van der Waals surface area contributed by atoms with Gasteiger partial charge in [-0.2, -0.15) is 0 Å². The molecule has 1 aromatic rings. The number of fused-ring (bicyclic) bond motifs is 1. The van der Waals surface area contributed by atoms with Crippen molar-refractivity contribution >= 4 is 11.9 Å². The number of carbonyl (C=O) groups is 1. The standard InChI is InChI=1S/C12H16N4O3/c17-9-2-1-8-10(9)13-7-14-11(8)15-3-5-16(6-4-15)12(18)19/h7,9,17H,1-6H2,(H,18,19). The van der Waals surface area contributed by atoms with Gasteiger partial charge in [0.25, 0.3) is 0 Å². The van der Waals surface area contributed by atoms with E-state index >= 15 is 0 Å². The minimum absolute atomic E-state index is 0.483. The third kappa shape index (κ3) is 2.10. The Morgan fingerprint density at radius 3 is 2.68 bits per heavy atom. The van der Waals surface area contributed by atoms with Crippen LogP contribution in [0.25, 0.3) is 0 Å². The van der Waals surface area contributed by atoms with Crippen molar-refractivity contribution in [3.8, 4) is 0 Å². The number of hydrogen-bond donors (Lipinski definition) is 2. The van der Waals surface area contributed by atoms with Gasteiger partial charge in [0.05, 0.1) is 11.8 Å². The van der Waals surface area contributed by atoms with Crippen LogP contribution in [0.1, 0.15) is 23.8 Å². The van der Waals surface area contributed by atoms with Crippen LogP contribution in [0.5, 0.6) is 0 Å². The maximum Gasteiger partial charge on any atom is 0.407 e. The summed E-state index contributed by atoms with van der Waals surface area (Å²) in [6, 6.07) is 0. The second kappa shape index (κ2) is 4.65. The number of anilines is 1. The third-order valence-corrected chi connectivity index (χ3v) is 3.79. The average Bonchev–Trinajstić information content (AvgIpc) is 2.81. The van der Waals surface area contributed by atoms with Crippen LogP contribution >= 0.6 is 0 Å². The molecule has 2 N–H and O–H groups in total. The fraction of sp³-hybridized carbons (Fsp3) is 0.583. The normalized spacial score (nSPS) is 22.5. The SMILES string of the molecule is O=C(O)N1CCN(c2ncnc3c2CCC3O)CC1. The molecule has 0 radical (unpaired) electrons. The van der Waals surface area contributed by atoms with Crippen molar-refractivity contribution in [3.05, 3.63) is 17.6 Å². The summed E-state index contributed by atoms with van der Waals surface area (Å²) in [5.41, 5.74) is 1.74. The molecule has 7 nitrogen and oxygen atoms in total. The molecule has 1 aliphatic heterocycles. The zero-order valence-corrected chi connectivity index (χ0v) is 10.5. The van der Waals surface area contributed by atoms with Gasteiger partial charge in [0.2, 0.25) is 0 Å². The minimum Gasteiger partial charge on any atom is -0.465 e. The number of amides is 1.